The predicted molar refractivity (Wildman–Crippen MR) is 86.7 cm³/mol. The molecule has 4 N–H and O–H groups in total. The van der Waals surface area contributed by atoms with E-state index in [4.69, 9.17) is 20.4 Å². The number of carboxylic acids is 4. The molecule has 0 amide bonds. The molecule has 8 nitrogen and oxygen atoms in total. The summed E-state index contributed by atoms with van der Waals surface area (Å²) in [4.78, 5) is 39.3. The summed E-state index contributed by atoms with van der Waals surface area (Å²) in [6.07, 6.45) is -0.806. The number of benzene rings is 2. The predicted octanol–water partition coefficient (Wildman–Crippen LogP) is 2.32. The maximum Gasteiger partial charge on any atom is 0.335 e. The van der Waals surface area contributed by atoms with E-state index in [0.717, 1.165) is 0 Å². The number of hydrogen-bond donors (Lipinski definition) is 4. The Bertz CT molecular complexity index is 634. The molecular weight excluding hydrogens is 332 g/mol. The average Bonchev–Trinajstić information content (AvgIpc) is 2.56. The van der Waals surface area contributed by atoms with Gasteiger partial charge in [-0.25, -0.2) is 9.59 Å². The molecular formula is C17H16O8. The van der Waals surface area contributed by atoms with E-state index in [0.29, 0.717) is 11.1 Å². The molecule has 0 bridgehead atoms. The molecule has 0 radical (unpaired) electrons. The van der Waals surface area contributed by atoms with Crippen molar-refractivity contribution in [1.82, 2.24) is 0 Å². The van der Waals surface area contributed by atoms with Crippen LogP contribution in [0, 0.1) is 0 Å². The Balaban J connectivity index is 0.000000350. The monoisotopic (exact) mass is 348 g/mol. The van der Waals surface area contributed by atoms with Crippen LogP contribution in [0.3, 0.4) is 0 Å². The van der Waals surface area contributed by atoms with Gasteiger partial charge in [-0.15, -0.1) is 0 Å². The number of aliphatic carboxylic acids is 2. The highest BCUT2D eigenvalue weighted by Gasteiger charge is 2.01. The van der Waals surface area contributed by atoms with Crippen LogP contribution in [0.5, 0.6) is 0 Å². The minimum absolute atomic E-state index is 0.331. The molecule has 0 spiro atoms. The molecule has 0 aliphatic rings. The second kappa shape index (κ2) is 11.8. The van der Waals surface area contributed by atoms with Crippen LogP contribution < -0.4 is 0 Å². The van der Waals surface area contributed by atoms with Crippen molar-refractivity contribution in [2.24, 2.45) is 0 Å². The van der Waals surface area contributed by atoms with E-state index in [2.05, 4.69) is 0 Å². The Morgan fingerprint density at radius 3 is 0.960 bits per heavy atom. The first-order chi connectivity index (χ1) is 11.7. The lowest BCUT2D eigenvalue weighted by atomic mass is 10.2. The first-order valence-corrected chi connectivity index (χ1v) is 6.74. The van der Waals surface area contributed by atoms with E-state index in [9.17, 15) is 19.2 Å². The number of carbonyl (C=O) groups is 4. The van der Waals surface area contributed by atoms with Gasteiger partial charge < -0.3 is 20.4 Å². The van der Waals surface area contributed by atoms with E-state index < -0.39 is 30.3 Å². The van der Waals surface area contributed by atoms with Crippen LogP contribution >= 0.6 is 0 Å². The molecule has 0 atom stereocenters. The SMILES string of the molecule is O=C(O)CC(=O)O.O=C(O)c1ccccc1.O=C(O)c1ccccc1. The summed E-state index contributed by atoms with van der Waals surface area (Å²) >= 11 is 0. The zero-order chi connectivity index (χ0) is 19.2. The molecule has 2 aromatic carbocycles. The van der Waals surface area contributed by atoms with Gasteiger partial charge >= 0.3 is 23.9 Å². The molecule has 8 heteroatoms. The molecule has 25 heavy (non-hydrogen) atoms. The van der Waals surface area contributed by atoms with Crippen LogP contribution in [0.1, 0.15) is 27.1 Å². The minimum atomic E-state index is -1.31. The van der Waals surface area contributed by atoms with Gasteiger partial charge in [0, 0.05) is 0 Å². The summed E-state index contributed by atoms with van der Waals surface area (Å²) in [5, 5.41) is 32.2. The molecule has 0 aromatic heterocycles. The minimum Gasteiger partial charge on any atom is -0.481 e. The summed E-state index contributed by atoms with van der Waals surface area (Å²) in [6.45, 7) is 0. The molecule has 0 aliphatic carbocycles. The third-order valence-corrected chi connectivity index (χ3v) is 2.34. The Morgan fingerprint density at radius 1 is 0.560 bits per heavy atom. The highest BCUT2D eigenvalue weighted by atomic mass is 16.4. The molecule has 0 aliphatic heterocycles. The third-order valence-electron chi connectivity index (χ3n) is 2.34. The van der Waals surface area contributed by atoms with Gasteiger partial charge in [-0.2, -0.15) is 0 Å². The highest BCUT2D eigenvalue weighted by molar-refractivity contribution is 5.89. The largest absolute Gasteiger partial charge is 0.481 e. The Kier molecular flexibility index (Phi) is 10.1. The summed E-state index contributed by atoms with van der Waals surface area (Å²) in [5.41, 5.74) is 0.662. The fourth-order valence-electron chi connectivity index (χ4n) is 1.29. The van der Waals surface area contributed by atoms with Crippen molar-refractivity contribution in [3.63, 3.8) is 0 Å². The van der Waals surface area contributed by atoms with E-state index in [-0.39, 0.29) is 0 Å². The van der Waals surface area contributed by atoms with Crippen molar-refractivity contribution in [3.8, 4) is 0 Å². The second-order valence-corrected chi connectivity index (χ2v) is 4.31. The molecule has 0 saturated carbocycles. The number of hydrogen-bond acceptors (Lipinski definition) is 4. The van der Waals surface area contributed by atoms with Crippen molar-refractivity contribution in [2.45, 2.75) is 6.42 Å². The van der Waals surface area contributed by atoms with E-state index >= 15 is 0 Å². The van der Waals surface area contributed by atoms with E-state index in [1.165, 1.54) is 0 Å². The molecule has 2 rings (SSSR count). The maximum atomic E-state index is 10.2. The number of carboxylic acid groups (broad SMARTS) is 4. The zero-order valence-electron chi connectivity index (χ0n) is 12.9. The van der Waals surface area contributed by atoms with Gasteiger partial charge in [-0.05, 0) is 24.3 Å². The van der Waals surface area contributed by atoms with Gasteiger partial charge in [0.05, 0.1) is 11.1 Å². The molecule has 132 valence electrons. The van der Waals surface area contributed by atoms with Crippen LogP contribution in [0.25, 0.3) is 0 Å². The highest BCUT2D eigenvalue weighted by Crippen LogP contribution is 1.96. The van der Waals surface area contributed by atoms with Gasteiger partial charge in [0.25, 0.3) is 0 Å². The maximum absolute atomic E-state index is 10.2. The van der Waals surface area contributed by atoms with Gasteiger partial charge in [-0.1, -0.05) is 36.4 Å². The van der Waals surface area contributed by atoms with Crippen molar-refractivity contribution in [3.05, 3.63) is 71.8 Å². The van der Waals surface area contributed by atoms with Crippen molar-refractivity contribution in [1.29, 1.82) is 0 Å². The Hall–Kier alpha value is -3.68. The van der Waals surface area contributed by atoms with Crippen LogP contribution in [0.2, 0.25) is 0 Å². The number of rotatable bonds is 4. The van der Waals surface area contributed by atoms with Gasteiger partial charge in [0.1, 0.15) is 6.42 Å². The van der Waals surface area contributed by atoms with Crippen molar-refractivity contribution >= 4 is 23.9 Å². The smallest absolute Gasteiger partial charge is 0.335 e. The van der Waals surface area contributed by atoms with E-state index in [1.807, 2.05) is 0 Å². The first kappa shape index (κ1) is 21.3. The van der Waals surface area contributed by atoms with Gasteiger partial charge in [-0.3, -0.25) is 9.59 Å². The number of aromatic carboxylic acids is 2. The van der Waals surface area contributed by atoms with Gasteiger partial charge in [0.2, 0.25) is 0 Å². The quantitative estimate of drug-likeness (QED) is 0.615. The summed E-state index contributed by atoms with van der Waals surface area (Å²) in [6, 6.07) is 16.6. The molecule has 0 heterocycles. The van der Waals surface area contributed by atoms with Crippen LogP contribution in [-0.2, 0) is 9.59 Å². The summed E-state index contributed by atoms with van der Waals surface area (Å²) in [5.74, 6) is -4.38. The van der Waals surface area contributed by atoms with Gasteiger partial charge in [0.15, 0.2) is 0 Å². The topological polar surface area (TPSA) is 149 Å². The standard InChI is InChI=1S/2C7H6O2.C3H4O4/c2*8-7(9)6-4-2-1-3-5-6;4-2(5)1-3(6)7/h2*1-5H,(H,8,9);1H2,(H,4,5)(H,6,7). The van der Waals surface area contributed by atoms with Crippen LogP contribution in [0.15, 0.2) is 60.7 Å². The summed E-state index contributed by atoms with van der Waals surface area (Å²) < 4.78 is 0. The lowest BCUT2D eigenvalue weighted by Crippen LogP contribution is -2.03. The van der Waals surface area contributed by atoms with Crippen molar-refractivity contribution in [2.75, 3.05) is 0 Å². The molecule has 0 unspecified atom stereocenters. The second-order valence-electron chi connectivity index (χ2n) is 4.31. The Labute approximate surface area is 142 Å². The molecule has 2 aromatic rings. The first-order valence-electron chi connectivity index (χ1n) is 6.74. The summed E-state index contributed by atoms with van der Waals surface area (Å²) in [7, 11) is 0. The fraction of sp³-hybridized carbons (Fsp3) is 0.0588. The molecule has 0 saturated heterocycles. The average molecular weight is 348 g/mol. The lowest BCUT2D eigenvalue weighted by Gasteiger charge is -1.88. The fourth-order valence-corrected chi connectivity index (χ4v) is 1.29. The molecule has 0 fully saturated rings. The normalized spacial score (nSPS) is 8.64. The lowest BCUT2D eigenvalue weighted by molar-refractivity contribution is -0.147. The van der Waals surface area contributed by atoms with Crippen molar-refractivity contribution < 1.29 is 39.6 Å². The third kappa shape index (κ3) is 11.5. The van der Waals surface area contributed by atoms with E-state index in [1.54, 1.807) is 60.7 Å². The van der Waals surface area contributed by atoms with Crippen LogP contribution in [-0.4, -0.2) is 44.3 Å². The zero-order valence-corrected chi connectivity index (χ0v) is 12.9. The van der Waals surface area contributed by atoms with Crippen LogP contribution in [0.4, 0.5) is 0 Å². The Morgan fingerprint density at radius 2 is 0.840 bits per heavy atom.